The van der Waals surface area contributed by atoms with Crippen molar-refractivity contribution in [1.82, 2.24) is 10.2 Å². The number of nitrogens with one attached hydrogen (secondary N) is 1. The average molecular weight is 278 g/mol. The molecule has 2 aliphatic rings. The zero-order valence-electron chi connectivity index (χ0n) is 11.3. The summed E-state index contributed by atoms with van der Waals surface area (Å²) >= 11 is 1.74. The molecule has 0 unspecified atom stereocenters. The predicted octanol–water partition coefficient (Wildman–Crippen LogP) is 2.42. The largest absolute Gasteiger partial charge is 0.352 e. The molecular formula is C15H22N2OS. The van der Waals surface area contributed by atoms with Crippen molar-refractivity contribution in [2.45, 2.75) is 50.6 Å². The summed E-state index contributed by atoms with van der Waals surface area (Å²) in [5, 5.41) is 5.34. The molecule has 1 aromatic rings. The van der Waals surface area contributed by atoms with E-state index in [1.165, 1.54) is 37.2 Å². The van der Waals surface area contributed by atoms with Gasteiger partial charge in [-0.1, -0.05) is 12.5 Å². The summed E-state index contributed by atoms with van der Waals surface area (Å²) in [6, 6.07) is 5.17. The molecule has 0 saturated carbocycles. The minimum atomic E-state index is 0.228. The third-order valence-corrected chi connectivity index (χ3v) is 5.32. The first-order valence-corrected chi connectivity index (χ1v) is 8.27. The van der Waals surface area contributed by atoms with Crippen LogP contribution in [0.2, 0.25) is 0 Å². The van der Waals surface area contributed by atoms with Gasteiger partial charge < -0.3 is 5.32 Å². The summed E-state index contributed by atoms with van der Waals surface area (Å²) in [4.78, 5) is 15.9. The van der Waals surface area contributed by atoms with Crippen LogP contribution in [0.4, 0.5) is 0 Å². The zero-order chi connectivity index (χ0) is 13.1. The van der Waals surface area contributed by atoms with Crippen molar-refractivity contribution in [3.63, 3.8) is 0 Å². The third-order valence-electron chi connectivity index (χ3n) is 4.38. The summed E-state index contributed by atoms with van der Waals surface area (Å²) in [6.45, 7) is 2.40. The monoisotopic (exact) mass is 278 g/mol. The fourth-order valence-electron chi connectivity index (χ4n) is 3.39. The molecule has 2 aliphatic heterocycles. The molecule has 0 radical (unpaired) electrons. The molecule has 1 N–H and O–H groups in total. The van der Waals surface area contributed by atoms with Gasteiger partial charge in [-0.05, 0) is 43.7 Å². The van der Waals surface area contributed by atoms with E-state index in [1.54, 1.807) is 11.3 Å². The molecule has 1 amide bonds. The van der Waals surface area contributed by atoms with Crippen molar-refractivity contribution in [2.24, 2.45) is 0 Å². The molecule has 0 aromatic carbocycles. The van der Waals surface area contributed by atoms with Crippen LogP contribution in [0.1, 0.15) is 37.0 Å². The van der Waals surface area contributed by atoms with Gasteiger partial charge in [-0.25, -0.2) is 0 Å². The molecular weight excluding hydrogens is 256 g/mol. The van der Waals surface area contributed by atoms with Crippen LogP contribution in [0.5, 0.6) is 0 Å². The number of carbonyl (C=O) groups is 1. The van der Waals surface area contributed by atoms with Gasteiger partial charge in [0.1, 0.15) is 0 Å². The summed E-state index contributed by atoms with van der Waals surface area (Å²) in [5.41, 5.74) is 0. The Morgan fingerprint density at radius 2 is 2.32 bits per heavy atom. The standard InChI is InChI=1S/C15H22N2OS/c18-15(7-6-12-4-3-11-19-12)16-13-8-10-17-9-2-1-5-14(13)17/h3-4,11,13-14H,1-2,5-10H2,(H,16,18)/t13-,14-/m1/s1. The minimum Gasteiger partial charge on any atom is -0.352 e. The Hall–Kier alpha value is -0.870. The fourth-order valence-corrected chi connectivity index (χ4v) is 4.10. The molecule has 1 aromatic heterocycles. The van der Waals surface area contributed by atoms with E-state index in [2.05, 4.69) is 27.7 Å². The first-order valence-electron chi connectivity index (χ1n) is 7.39. The number of rotatable bonds is 4. The van der Waals surface area contributed by atoms with Gasteiger partial charge in [0.2, 0.25) is 5.91 Å². The number of fused-ring (bicyclic) bond motifs is 1. The van der Waals surface area contributed by atoms with Crippen molar-refractivity contribution in [2.75, 3.05) is 13.1 Å². The number of piperidine rings is 1. The van der Waals surface area contributed by atoms with Gasteiger partial charge in [0.25, 0.3) is 0 Å². The Morgan fingerprint density at radius 3 is 3.16 bits per heavy atom. The number of amides is 1. The second kappa shape index (κ2) is 6.06. The van der Waals surface area contributed by atoms with Crippen LogP contribution in [0.15, 0.2) is 17.5 Å². The number of hydrogen-bond acceptors (Lipinski definition) is 3. The molecule has 4 heteroatoms. The smallest absolute Gasteiger partial charge is 0.220 e. The molecule has 3 heterocycles. The lowest BCUT2D eigenvalue weighted by molar-refractivity contribution is -0.122. The van der Waals surface area contributed by atoms with E-state index in [0.717, 1.165) is 12.8 Å². The molecule has 3 rings (SSSR count). The number of thiophene rings is 1. The topological polar surface area (TPSA) is 32.3 Å². The van der Waals surface area contributed by atoms with E-state index in [0.29, 0.717) is 18.5 Å². The van der Waals surface area contributed by atoms with Gasteiger partial charge in [-0.3, -0.25) is 9.69 Å². The summed E-state index contributed by atoms with van der Waals surface area (Å²) in [6.07, 6.45) is 6.55. The van der Waals surface area contributed by atoms with E-state index < -0.39 is 0 Å². The number of nitrogens with zero attached hydrogens (tertiary/aromatic N) is 1. The fraction of sp³-hybridized carbons (Fsp3) is 0.667. The van der Waals surface area contributed by atoms with Crippen molar-refractivity contribution >= 4 is 17.2 Å². The zero-order valence-corrected chi connectivity index (χ0v) is 12.1. The molecule has 2 saturated heterocycles. The van der Waals surface area contributed by atoms with Crippen molar-refractivity contribution in [3.05, 3.63) is 22.4 Å². The van der Waals surface area contributed by atoms with Crippen LogP contribution in [-0.2, 0) is 11.2 Å². The van der Waals surface area contributed by atoms with Gasteiger partial charge >= 0.3 is 0 Å². The second-order valence-corrected chi connectivity index (χ2v) is 6.67. The normalized spacial score (nSPS) is 27.2. The van der Waals surface area contributed by atoms with Crippen LogP contribution in [0.3, 0.4) is 0 Å². The minimum absolute atomic E-state index is 0.228. The van der Waals surface area contributed by atoms with Gasteiger partial charge in [-0.15, -0.1) is 11.3 Å². The molecule has 2 fully saturated rings. The summed E-state index contributed by atoms with van der Waals surface area (Å²) in [7, 11) is 0. The Labute approximate surface area is 119 Å². The predicted molar refractivity (Wildman–Crippen MR) is 78.4 cm³/mol. The van der Waals surface area contributed by atoms with Gasteiger partial charge in [0.05, 0.1) is 0 Å². The van der Waals surface area contributed by atoms with Crippen LogP contribution >= 0.6 is 11.3 Å². The maximum Gasteiger partial charge on any atom is 0.220 e. The Balaban J connectivity index is 1.47. The Morgan fingerprint density at radius 1 is 1.37 bits per heavy atom. The quantitative estimate of drug-likeness (QED) is 0.917. The lowest BCUT2D eigenvalue weighted by Gasteiger charge is -2.32. The molecule has 0 aliphatic carbocycles. The molecule has 0 spiro atoms. The van der Waals surface area contributed by atoms with Crippen molar-refractivity contribution < 1.29 is 4.79 Å². The molecule has 0 bridgehead atoms. The molecule has 2 atom stereocenters. The van der Waals surface area contributed by atoms with Crippen molar-refractivity contribution in [3.8, 4) is 0 Å². The van der Waals surface area contributed by atoms with Crippen LogP contribution in [0, 0.1) is 0 Å². The molecule has 19 heavy (non-hydrogen) atoms. The second-order valence-electron chi connectivity index (χ2n) is 5.64. The van der Waals surface area contributed by atoms with E-state index >= 15 is 0 Å². The van der Waals surface area contributed by atoms with Crippen LogP contribution < -0.4 is 5.32 Å². The van der Waals surface area contributed by atoms with E-state index in [1.807, 2.05) is 0 Å². The first kappa shape index (κ1) is 13.1. The number of hydrogen-bond donors (Lipinski definition) is 1. The van der Waals surface area contributed by atoms with Gasteiger partial charge in [-0.2, -0.15) is 0 Å². The maximum absolute atomic E-state index is 12.0. The lowest BCUT2D eigenvalue weighted by Crippen LogP contribution is -2.46. The van der Waals surface area contributed by atoms with Gasteiger partial charge in [0, 0.05) is 29.9 Å². The molecule has 104 valence electrons. The van der Waals surface area contributed by atoms with E-state index in [4.69, 9.17) is 0 Å². The highest BCUT2D eigenvalue weighted by Crippen LogP contribution is 2.27. The van der Waals surface area contributed by atoms with Gasteiger partial charge in [0.15, 0.2) is 0 Å². The Kier molecular flexibility index (Phi) is 4.18. The summed E-state index contributed by atoms with van der Waals surface area (Å²) in [5.74, 6) is 0.228. The summed E-state index contributed by atoms with van der Waals surface area (Å²) < 4.78 is 0. The number of aryl methyl sites for hydroxylation is 1. The van der Waals surface area contributed by atoms with E-state index in [-0.39, 0.29) is 5.91 Å². The molecule has 3 nitrogen and oxygen atoms in total. The third kappa shape index (κ3) is 3.18. The highest BCUT2D eigenvalue weighted by atomic mass is 32.1. The Bertz CT molecular complexity index is 418. The lowest BCUT2D eigenvalue weighted by atomic mass is 9.99. The van der Waals surface area contributed by atoms with Crippen molar-refractivity contribution in [1.29, 1.82) is 0 Å². The van der Waals surface area contributed by atoms with Crippen LogP contribution in [0.25, 0.3) is 0 Å². The maximum atomic E-state index is 12.0. The average Bonchev–Trinajstić information content (AvgIpc) is 3.07. The number of carbonyl (C=O) groups excluding carboxylic acids is 1. The van der Waals surface area contributed by atoms with E-state index in [9.17, 15) is 4.79 Å². The SMILES string of the molecule is O=C(CCc1cccs1)N[C@@H]1CCN2CCCC[C@H]12. The first-order chi connectivity index (χ1) is 9.33. The van der Waals surface area contributed by atoms with Crippen LogP contribution in [-0.4, -0.2) is 36.0 Å². The highest BCUT2D eigenvalue weighted by Gasteiger charge is 2.35. The highest BCUT2D eigenvalue weighted by molar-refractivity contribution is 7.09.